The van der Waals surface area contributed by atoms with Crippen molar-refractivity contribution in [3.8, 4) is 0 Å². The number of para-hydroxylation sites is 1. The van der Waals surface area contributed by atoms with Crippen molar-refractivity contribution in [2.45, 2.75) is 44.1 Å². The number of hydrogen-bond acceptors (Lipinski definition) is 4. The monoisotopic (exact) mass is 449 g/mol. The highest BCUT2D eigenvalue weighted by Gasteiger charge is 2.33. The lowest BCUT2D eigenvalue weighted by atomic mass is 9.97. The van der Waals surface area contributed by atoms with Crippen molar-refractivity contribution >= 4 is 29.2 Å². The van der Waals surface area contributed by atoms with Crippen LogP contribution in [0.4, 0.5) is 14.9 Å². The first-order chi connectivity index (χ1) is 14.9. The zero-order valence-electron chi connectivity index (χ0n) is 16.8. The first-order valence-electron chi connectivity index (χ1n) is 10.0. The normalized spacial score (nSPS) is 20.7. The van der Waals surface area contributed by atoms with Crippen molar-refractivity contribution < 1.29 is 23.8 Å². The molecule has 0 spiro atoms. The first kappa shape index (κ1) is 23.0. The van der Waals surface area contributed by atoms with Gasteiger partial charge in [-0.25, -0.2) is 9.18 Å². The molecule has 4 N–H and O–H groups in total. The number of amides is 3. The number of urea groups is 1. The molecule has 1 aliphatic rings. The Hall–Kier alpha value is -2.68. The molecule has 1 fully saturated rings. The number of benzene rings is 2. The smallest absolute Gasteiger partial charge is 0.319 e. The summed E-state index contributed by atoms with van der Waals surface area (Å²) in [5.74, 6) is -0.707. The second kappa shape index (κ2) is 11.1. The number of carbonyl (C=O) groups is 2. The number of halogens is 2. The van der Waals surface area contributed by atoms with Crippen molar-refractivity contribution in [2.75, 3.05) is 11.9 Å². The van der Waals surface area contributed by atoms with Crippen LogP contribution in [0, 0.1) is 5.82 Å². The van der Waals surface area contributed by atoms with Crippen LogP contribution >= 0.6 is 11.6 Å². The van der Waals surface area contributed by atoms with E-state index < -0.39 is 24.0 Å². The van der Waals surface area contributed by atoms with Gasteiger partial charge in [-0.15, -0.1) is 0 Å². The van der Waals surface area contributed by atoms with E-state index in [0.717, 1.165) is 5.56 Å². The summed E-state index contributed by atoms with van der Waals surface area (Å²) in [5.41, 5.74) is 0.994. The molecule has 0 aromatic heterocycles. The number of anilines is 1. The summed E-state index contributed by atoms with van der Waals surface area (Å²) in [7, 11) is 0. The van der Waals surface area contributed by atoms with E-state index >= 15 is 0 Å². The topological polar surface area (TPSA) is 99.7 Å². The van der Waals surface area contributed by atoms with E-state index in [9.17, 15) is 19.1 Å². The summed E-state index contributed by atoms with van der Waals surface area (Å²) < 4.78 is 19.5. The van der Waals surface area contributed by atoms with Gasteiger partial charge in [-0.1, -0.05) is 35.9 Å². The van der Waals surface area contributed by atoms with E-state index in [1.165, 1.54) is 18.2 Å². The highest BCUT2D eigenvalue weighted by molar-refractivity contribution is 6.30. The van der Waals surface area contributed by atoms with Gasteiger partial charge in [0.2, 0.25) is 5.91 Å². The second-order valence-corrected chi connectivity index (χ2v) is 7.79. The summed E-state index contributed by atoms with van der Waals surface area (Å²) in [6, 6.07) is 12.0. The average Bonchev–Trinajstić information content (AvgIpc) is 2.76. The summed E-state index contributed by atoms with van der Waals surface area (Å²) in [6.45, 7) is 0.0695. The quantitative estimate of drug-likeness (QED) is 0.521. The van der Waals surface area contributed by atoms with Crippen LogP contribution in [0.5, 0.6) is 0 Å². The molecule has 31 heavy (non-hydrogen) atoms. The van der Waals surface area contributed by atoms with Crippen LogP contribution in [0.15, 0.2) is 48.5 Å². The number of hydrogen-bond donors (Lipinski definition) is 4. The fourth-order valence-electron chi connectivity index (χ4n) is 3.42. The van der Waals surface area contributed by atoms with Gasteiger partial charge in [0, 0.05) is 11.6 Å². The average molecular weight is 450 g/mol. The number of carbonyl (C=O) groups excluding carboxylic acids is 2. The second-order valence-electron chi connectivity index (χ2n) is 7.35. The van der Waals surface area contributed by atoms with Gasteiger partial charge >= 0.3 is 6.03 Å². The molecule has 3 atom stereocenters. The molecule has 0 saturated carbocycles. The Labute approximate surface area is 184 Å². The molecule has 0 aliphatic carbocycles. The number of nitrogens with one attached hydrogen (secondary N) is 3. The molecule has 2 aromatic carbocycles. The molecule has 1 aliphatic heterocycles. The lowest BCUT2D eigenvalue weighted by molar-refractivity contribution is -0.130. The van der Waals surface area contributed by atoms with E-state index in [-0.39, 0.29) is 30.7 Å². The maximum Gasteiger partial charge on any atom is 0.319 e. The van der Waals surface area contributed by atoms with E-state index in [1.807, 2.05) is 12.1 Å². The van der Waals surface area contributed by atoms with Gasteiger partial charge in [-0.3, -0.25) is 4.79 Å². The summed E-state index contributed by atoms with van der Waals surface area (Å²) in [4.78, 5) is 24.4. The molecule has 166 valence electrons. The molecule has 3 amide bonds. The zero-order valence-corrected chi connectivity index (χ0v) is 17.6. The minimum absolute atomic E-state index is 0.0625. The third-order valence-electron chi connectivity index (χ3n) is 5.05. The largest absolute Gasteiger partial charge is 0.394 e. The minimum Gasteiger partial charge on any atom is -0.394 e. The van der Waals surface area contributed by atoms with E-state index in [2.05, 4.69) is 16.0 Å². The van der Waals surface area contributed by atoms with Gasteiger partial charge in [-0.2, -0.15) is 0 Å². The molecule has 9 heteroatoms. The Morgan fingerprint density at radius 3 is 2.58 bits per heavy atom. The van der Waals surface area contributed by atoms with Crippen LogP contribution in [0.2, 0.25) is 5.02 Å². The van der Waals surface area contributed by atoms with E-state index in [0.29, 0.717) is 24.4 Å². The van der Waals surface area contributed by atoms with Crippen molar-refractivity contribution in [3.05, 3.63) is 64.9 Å². The Kier molecular flexibility index (Phi) is 8.22. The number of rotatable bonds is 7. The van der Waals surface area contributed by atoms with Gasteiger partial charge < -0.3 is 25.8 Å². The molecule has 0 unspecified atom stereocenters. The van der Waals surface area contributed by atoms with Gasteiger partial charge in [0.25, 0.3) is 0 Å². The summed E-state index contributed by atoms with van der Waals surface area (Å²) >= 11 is 5.85. The Bertz CT molecular complexity index is 897. The predicted octanol–water partition coefficient (Wildman–Crippen LogP) is 3.22. The van der Waals surface area contributed by atoms with Crippen LogP contribution in [-0.2, 0) is 16.1 Å². The molecule has 3 rings (SSSR count). The van der Waals surface area contributed by atoms with Crippen LogP contribution < -0.4 is 16.0 Å². The maximum atomic E-state index is 13.7. The fourth-order valence-corrected chi connectivity index (χ4v) is 3.54. The molecule has 1 saturated heterocycles. The molecule has 0 radical (unpaired) electrons. The predicted molar refractivity (Wildman–Crippen MR) is 115 cm³/mol. The molecule has 2 aromatic rings. The van der Waals surface area contributed by atoms with E-state index in [4.69, 9.17) is 16.3 Å². The molecular weight excluding hydrogens is 425 g/mol. The third-order valence-corrected chi connectivity index (χ3v) is 5.30. The van der Waals surface area contributed by atoms with Gasteiger partial charge in [-0.05, 0) is 42.7 Å². The lowest BCUT2D eigenvalue weighted by Crippen LogP contribution is -2.52. The standard InChI is InChI=1S/C22H25ClFN3O4/c23-15-7-5-14(6-8-15)12-25-21(29)11-16-9-10-19(20(13-28)31-16)27-22(30)26-18-4-2-1-3-17(18)24/h1-8,16,19-20,28H,9-13H2,(H,25,29)(H2,26,27,30)/t16-,19-,20+/m0/s1. The zero-order chi connectivity index (χ0) is 22.2. The van der Waals surface area contributed by atoms with Crippen LogP contribution in [-0.4, -0.2) is 41.9 Å². The Morgan fingerprint density at radius 2 is 1.87 bits per heavy atom. The fraction of sp³-hybridized carbons (Fsp3) is 0.364. The Balaban J connectivity index is 1.45. The number of aliphatic hydroxyl groups is 1. The minimum atomic E-state index is -0.658. The SMILES string of the molecule is O=C(C[C@@H]1CC[C@H](NC(=O)Nc2ccccc2F)[C@@H](CO)O1)NCc1ccc(Cl)cc1. The van der Waals surface area contributed by atoms with Gasteiger partial charge in [0.15, 0.2) is 0 Å². The molecule has 1 heterocycles. The lowest BCUT2D eigenvalue weighted by Gasteiger charge is -2.35. The van der Waals surface area contributed by atoms with E-state index in [1.54, 1.807) is 18.2 Å². The highest BCUT2D eigenvalue weighted by atomic mass is 35.5. The summed E-state index contributed by atoms with van der Waals surface area (Å²) in [5, 5.41) is 18.3. The van der Waals surface area contributed by atoms with Crippen LogP contribution in [0.3, 0.4) is 0 Å². The Morgan fingerprint density at radius 1 is 1.13 bits per heavy atom. The van der Waals surface area contributed by atoms with Crippen molar-refractivity contribution in [3.63, 3.8) is 0 Å². The highest BCUT2D eigenvalue weighted by Crippen LogP contribution is 2.22. The van der Waals surface area contributed by atoms with Crippen molar-refractivity contribution in [1.29, 1.82) is 0 Å². The number of aliphatic hydroxyl groups excluding tert-OH is 1. The maximum absolute atomic E-state index is 13.7. The van der Waals surface area contributed by atoms with Crippen LogP contribution in [0.25, 0.3) is 0 Å². The number of ether oxygens (including phenoxy) is 1. The van der Waals surface area contributed by atoms with Gasteiger partial charge in [0.1, 0.15) is 11.9 Å². The summed E-state index contributed by atoms with van der Waals surface area (Å²) in [6.07, 6.45) is 0.183. The van der Waals surface area contributed by atoms with Gasteiger partial charge in [0.05, 0.1) is 30.9 Å². The molecule has 0 bridgehead atoms. The van der Waals surface area contributed by atoms with Crippen molar-refractivity contribution in [2.24, 2.45) is 0 Å². The first-order valence-corrected chi connectivity index (χ1v) is 10.4. The molecule has 7 nitrogen and oxygen atoms in total. The van der Waals surface area contributed by atoms with Crippen molar-refractivity contribution in [1.82, 2.24) is 10.6 Å². The third kappa shape index (κ3) is 6.92. The van der Waals surface area contributed by atoms with Crippen LogP contribution in [0.1, 0.15) is 24.8 Å². The molecular formula is C22H25ClFN3O4.